The molecule has 1 N–H and O–H groups in total. The summed E-state index contributed by atoms with van der Waals surface area (Å²) in [4.78, 5) is 0. The van der Waals surface area contributed by atoms with Crippen LogP contribution < -0.4 is 0 Å². The highest BCUT2D eigenvalue weighted by molar-refractivity contribution is 9.10. The van der Waals surface area contributed by atoms with Crippen molar-refractivity contribution in [3.63, 3.8) is 0 Å². The van der Waals surface area contributed by atoms with E-state index in [1.807, 2.05) is 0 Å². The Morgan fingerprint density at radius 3 is 3.00 bits per heavy atom. The van der Waals surface area contributed by atoms with Crippen molar-refractivity contribution in [1.29, 1.82) is 0 Å². The maximum Gasteiger partial charge on any atom is 0.123 e. The third kappa shape index (κ3) is 4.86. The molecule has 2 rings (SSSR count). The highest BCUT2D eigenvalue weighted by atomic mass is 79.9. The Hall–Kier alpha value is -0.450. The quantitative estimate of drug-likeness (QED) is 0.888. The van der Waals surface area contributed by atoms with Crippen molar-refractivity contribution < 1.29 is 14.2 Å². The molecule has 19 heavy (non-hydrogen) atoms. The van der Waals surface area contributed by atoms with Crippen LogP contribution in [0.2, 0.25) is 0 Å². The molecule has 0 radical (unpaired) electrons. The van der Waals surface area contributed by atoms with E-state index in [0.29, 0.717) is 18.9 Å². The molecule has 106 valence electrons. The molecule has 0 spiro atoms. The van der Waals surface area contributed by atoms with Gasteiger partial charge in [0.25, 0.3) is 0 Å². The van der Waals surface area contributed by atoms with Crippen LogP contribution in [0.1, 0.15) is 37.7 Å². The topological polar surface area (TPSA) is 29.5 Å². The second-order valence-corrected chi connectivity index (χ2v) is 6.01. The normalized spacial score (nSPS) is 21.3. The molecule has 1 aliphatic heterocycles. The zero-order valence-electron chi connectivity index (χ0n) is 10.9. The molecule has 1 heterocycles. The highest BCUT2D eigenvalue weighted by Gasteiger charge is 2.16. The van der Waals surface area contributed by atoms with Gasteiger partial charge in [-0.15, -0.1) is 0 Å². The summed E-state index contributed by atoms with van der Waals surface area (Å²) < 4.78 is 19.6. The fourth-order valence-corrected chi connectivity index (χ4v) is 2.88. The number of hydrogen-bond acceptors (Lipinski definition) is 2. The van der Waals surface area contributed by atoms with Crippen LogP contribution in [0, 0.1) is 5.82 Å². The number of halogens is 2. The first-order valence-corrected chi connectivity index (χ1v) is 7.68. The van der Waals surface area contributed by atoms with Crippen LogP contribution in [-0.4, -0.2) is 23.9 Å². The predicted octanol–water partition coefficient (Wildman–Crippen LogP) is 3.84. The van der Waals surface area contributed by atoms with E-state index in [4.69, 9.17) is 4.74 Å². The average molecular weight is 331 g/mol. The summed E-state index contributed by atoms with van der Waals surface area (Å²) in [5.41, 5.74) is 0.817. The Bertz CT molecular complexity index is 405. The summed E-state index contributed by atoms with van der Waals surface area (Å²) in [6, 6.07) is 4.57. The zero-order chi connectivity index (χ0) is 13.7. The Kier molecular flexibility index (Phi) is 5.79. The first-order valence-electron chi connectivity index (χ1n) is 6.89. The summed E-state index contributed by atoms with van der Waals surface area (Å²) in [6.45, 7) is 0.843. The third-order valence-electron chi connectivity index (χ3n) is 3.56. The van der Waals surface area contributed by atoms with Crippen LogP contribution in [0.25, 0.3) is 0 Å². The van der Waals surface area contributed by atoms with E-state index in [9.17, 15) is 9.50 Å². The minimum absolute atomic E-state index is 0.263. The van der Waals surface area contributed by atoms with E-state index < -0.39 is 6.10 Å². The zero-order valence-corrected chi connectivity index (χ0v) is 12.5. The Morgan fingerprint density at radius 2 is 2.26 bits per heavy atom. The monoisotopic (exact) mass is 330 g/mol. The molecule has 1 fully saturated rings. The maximum absolute atomic E-state index is 13.2. The molecule has 1 saturated heterocycles. The summed E-state index contributed by atoms with van der Waals surface area (Å²) >= 11 is 3.38. The lowest BCUT2D eigenvalue weighted by atomic mass is 9.99. The van der Waals surface area contributed by atoms with Crippen LogP contribution in [0.15, 0.2) is 22.7 Å². The van der Waals surface area contributed by atoms with Gasteiger partial charge in [0.1, 0.15) is 5.82 Å². The van der Waals surface area contributed by atoms with Gasteiger partial charge in [-0.2, -0.15) is 0 Å². The molecule has 4 heteroatoms. The molecule has 0 aromatic heterocycles. The van der Waals surface area contributed by atoms with Crippen molar-refractivity contribution in [2.75, 3.05) is 6.61 Å². The van der Waals surface area contributed by atoms with Crippen LogP contribution in [0.4, 0.5) is 4.39 Å². The van der Waals surface area contributed by atoms with Crippen LogP contribution in [0.3, 0.4) is 0 Å². The van der Waals surface area contributed by atoms with Gasteiger partial charge in [0.05, 0.1) is 12.2 Å². The molecule has 2 nitrogen and oxygen atoms in total. The molecular weight excluding hydrogens is 311 g/mol. The van der Waals surface area contributed by atoms with Gasteiger partial charge in [-0.25, -0.2) is 4.39 Å². The van der Waals surface area contributed by atoms with Gasteiger partial charge in [0.15, 0.2) is 0 Å². The van der Waals surface area contributed by atoms with E-state index >= 15 is 0 Å². The van der Waals surface area contributed by atoms with Crippen molar-refractivity contribution in [2.24, 2.45) is 0 Å². The van der Waals surface area contributed by atoms with Crippen LogP contribution >= 0.6 is 15.9 Å². The van der Waals surface area contributed by atoms with Crippen molar-refractivity contribution in [3.05, 3.63) is 34.1 Å². The fraction of sp³-hybridized carbons (Fsp3) is 0.600. The van der Waals surface area contributed by atoms with E-state index in [2.05, 4.69) is 15.9 Å². The van der Waals surface area contributed by atoms with E-state index in [0.717, 1.165) is 35.9 Å². The second kappa shape index (κ2) is 7.36. The molecule has 1 aromatic rings. The predicted molar refractivity (Wildman–Crippen MR) is 76.6 cm³/mol. The molecule has 0 saturated carbocycles. The number of aliphatic hydroxyl groups is 1. The minimum Gasteiger partial charge on any atom is -0.393 e. The number of ether oxygens (including phenoxy) is 1. The fourth-order valence-electron chi connectivity index (χ4n) is 2.47. The molecule has 0 aliphatic carbocycles. The van der Waals surface area contributed by atoms with Gasteiger partial charge < -0.3 is 9.84 Å². The largest absolute Gasteiger partial charge is 0.393 e. The van der Waals surface area contributed by atoms with Gasteiger partial charge in [-0.3, -0.25) is 0 Å². The Labute approximate surface area is 122 Å². The molecule has 2 atom stereocenters. The van der Waals surface area contributed by atoms with Crippen molar-refractivity contribution >= 4 is 15.9 Å². The number of benzene rings is 1. The number of rotatable bonds is 5. The first-order chi connectivity index (χ1) is 9.15. The lowest BCUT2D eigenvalue weighted by molar-refractivity contribution is 0.00233. The smallest absolute Gasteiger partial charge is 0.123 e. The standard InChI is InChI=1S/C15H20BrFO2/c16-15-7-4-12(17)9-11(15)10-13(18)5-6-14-3-1-2-8-19-14/h4,7,9,13-14,18H,1-3,5-6,8,10H2. The van der Waals surface area contributed by atoms with E-state index in [1.54, 1.807) is 6.07 Å². The van der Waals surface area contributed by atoms with Gasteiger partial charge in [-0.05, 0) is 62.3 Å². The van der Waals surface area contributed by atoms with Gasteiger partial charge in [0.2, 0.25) is 0 Å². The molecule has 1 aromatic carbocycles. The summed E-state index contributed by atoms with van der Waals surface area (Å²) in [7, 11) is 0. The molecular formula is C15H20BrFO2. The third-order valence-corrected chi connectivity index (χ3v) is 4.33. The Morgan fingerprint density at radius 1 is 1.42 bits per heavy atom. The maximum atomic E-state index is 13.2. The average Bonchev–Trinajstić information content (AvgIpc) is 2.42. The lowest BCUT2D eigenvalue weighted by Gasteiger charge is -2.23. The van der Waals surface area contributed by atoms with E-state index in [-0.39, 0.29) is 5.82 Å². The van der Waals surface area contributed by atoms with Gasteiger partial charge >= 0.3 is 0 Å². The lowest BCUT2D eigenvalue weighted by Crippen LogP contribution is -2.21. The van der Waals surface area contributed by atoms with Crippen LogP contribution in [-0.2, 0) is 11.2 Å². The number of hydrogen-bond donors (Lipinski definition) is 1. The SMILES string of the molecule is OC(CCC1CCCCO1)Cc1cc(F)ccc1Br. The van der Waals surface area contributed by atoms with Crippen molar-refractivity contribution in [3.8, 4) is 0 Å². The van der Waals surface area contributed by atoms with E-state index in [1.165, 1.54) is 18.6 Å². The summed E-state index contributed by atoms with van der Waals surface area (Å²) in [5, 5.41) is 10.0. The van der Waals surface area contributed by atoms with Crippen LogP contribution in [0.5, 0.6) is 0 Å². The summed E-state index contributed by atoms with van der Waals surface area (Å²) in [6.07, 6.45) is 5.37. The molecule has 0 amide bonds. The van der Waals surface area contributed by atoms with Gasteiger partial charge in [-0.1, -0.05) is 15.9 Å². The van der Waals surface area contributed by atoms with Crippen molar-refractivity contribution in [1.82, 2.24) is 0 Å². The second-order valence-electron chi connectivity index (χ2n) is 5.16. The number of aliphatic hydroxyl groups excluding tert-OH is 1. The molecule has 1 aliphatic rings. The van der Waals surface area contributed by atoms with Gasteiger partial charge in [0, 0.05) is 11.1 Å². The minimum atomic E-state index is -0.441. The molecule has 0 bridgehead atoms. The van der Waals surface area contributed by atoms with Crippen molar-refractivity contribution in [2.45, 2.75) is 50.7 Å². The molecule has 2 unspecified atom stereocenters. The highest BCUT2D eigenvalue weighted by Crippen LogP contribution is 2.22. The first kappa shape index (κ1) is 14.9. The Balaban J connectivity index is 1.80. The summed E-state index contributed by atoms with van der Waals surface area (Å²) in [5.74, 6) is -0.263.